The van der Waals surface area contributed by atoms with E-state index in [-0.39, 0.29) is 29.8 Å². The van der Waals surface area contributed by atoms with Gasteiger partial charge in [0, 0.05) is 12.0 Å². The van der Waals surface area contributed by atoms with E-state index in [0.29, 0.717) is 19.1 Å². The largest absolute Gasteiger partial charge is 0.466 e. The molecule has 2 atom stereocenters. The van der Waals surface area contributed by atoms with E-state index in [1.54, 1.807) is 0 Å². The molecule has 0 heterocycles. The third kappa shape index (κ3) is 4.19. The minimum atomic E-state index is -0.0822. The summed E-state index contributed by atoms with van der Waals surface area (Å²) in [6, 6.07) is 0.210. The van der Waals surface area contributed by atoms with Gasteiger partial charge in [-0.15, -0.1) is 0 Å². The summed E-state index contributed by atoms with van der Waals surface area (Å²) in [5, 5.41) is 3.17. The van der Waals surface area contributed by atoms with E-state index in [1.165, 1.54) is 0 Å². The van der Waals surface area contributed by atoms with Crippen molar-refractivity contribution in [1.82, 2.24) is 5.32 Å². The molecule has 3 N–H and O–H groups in total. The third-order valence-electron chi connectivity index (χ3n) is 4.99. The van der Waals surface area contributed by atoms with Crippen molar-refractivity contribution >= 4 is 11.9 Å². The zero-order valence-corrected chi connectivity index (χ0v) is 13.0. The molecule has 0 bridgehead atoms. The van der Waals surface area contributed by atoms with Crippen LogP contribution in [0.4, 0.5) is 0 Å². The van der Waals surface area contributed by atoms with E-state index in [1.807, 2.05) is 6.92 Å². The van der Waals surface area contributed by atoms with Gasteiger partial charge in [0.2, 0.25) is 5.91 Å². The van der Waals surface area contributed by atoms with E-state index in [9.17, 15) is 9.59 Å². The number of esters is 1. The smallest absolute Gasteiger partial charge is 0.308 e. The highest BCUT2D eigenvalue weighted by Gasteiger charge is 2.34. The summed E-state index contributed by atoms with van der Waals surface area (Å²) in [6.45, 7) is 2.88. The number of hydrogen-bond donors (Lipinski definition) is 2. The molecule has 0 unspecified atom stereocenters. The minimum absolute atomic E-state index is 0.0152. The van der Waals surface area contributed by atoms with Crippen LogP contribution in [-0.4, -0.2) is 31.1 Å². The van der Waals surface area contributed by atoms with Crippen LogP contribution in [0.5, 0.6) is 0 Å². The Bertz CT molecular complexity index is 365. The molecule has 2 rings (SSSR count). The highest BCUT2D eigenvalue weighted by molar-refractivity contribution is 5.79. The summed E-state index contributed by atoms with van der Waals surface area (Å²) in [7, 11) is 0. The van der Waals surface area contributed by atoms with Gasteiger partial charge in [0.1, 0.15) is 0 Å². The summed E-state index contributed by atoms with van der Waals surface area (Å²) in [6.07, 6.45) is 6.51. The van der Waals surface area contributed by atoms with Gasteiger partial charge < -0.3 is 15.8 Å². The maximum atomic E-state index is 12.3. The van der Waals surface area contributed by atoms with Gasteiger partial charge in [-0.05, 0) is 57.9 Å². The molecule has 5 nitrogen and oxygen atoms in total. The van der Waals surface area contributed by atoms with Crippen LogP contribution in [0, 0.1) is 17.8 Å². The van der Waals surface area contributed by atoms with E-state index in [2.05, 4.69) is 5.32 Å². The average molecular weight is 296 g/mol. The Morgan fingerprint density at radius 3 is 2.48 bits per heavy atom. The van der Waals surface area contributed by atoms with Crippen LogP contribution in [0.3, 0.4) is 0 Å². The second kappa shape index (κ2) is 7.78. The summed E-state index contributed by atoms with van der Waals surface area (Å²) in [5.41, 5.74) is 5.74. The molecule has 0 aromatic heterocycles. The Balaban J connectivity index is 1.75. The first-order valence-corrected chi connectivity index (χ1v) is 8.32. The van der Waals surface area contributed by atoms with Crippen molar-refractivity contribution in [2.24, 2.45) is 23.5 Å². The fourth-order valence-electron chi connectivity index (χ4n) is 3.71. The molecule has 2 saturated carbocycles. The zero-order chi connectivity index (χ0) is 15.2. The second-order valence-corrected chi connectivity index (χ2v) is 6.34. The van der Waals surface area contributed by atoms with E-state index < -0.39 is 0 Å². The molecule has 120 valence electrons. The predicted octanol–water partition coefficient (Wildman–Crippen LogP) is 1.60. The molecular formula is C16H28N2O3. The maximum Gasteiger partial charge on any atom is 0.308 e. The number of nitrogens with two attached hydrogens (primary N) is 1. The number of ether oxygens (including phenoxy) is 1. The van der Waals surface area contributed by atoms with Crippen molar-refractivity contribution < 1.29 is 14.3 Å². The lowest BCUT2D eigenvalue weighted by molar-refractivity contribution is -0.149. The Labute approximate surface area is 127 Å². The molecule has 0 aromatic rings. The number of hydrogen-bond acceptors (Lipinski definition) is 4. The first kappa shape index (κ1) is 16.3. The molecule has 0 spiro atoms. The van der Waals surface area contributed by atoms with Crippen LogP contribution in [-0.2, 0) is 14.3 Å². The summed E-state index contributed by atoms with van der Waals surface area (Å²) < 4.78 is 5.07. The Morgan fingerprint density at radius 2 is 1.86 bits per heavy atom. The number of carbonyl (C=O) groups excluding carboxylic acids is 2. The zero-order valence-electron chi connectivity index (χ0n) is 13.0. The van der Waals surface area contributed by atoms with Crippen molar-refractivity contribution in [2.45, 2.75) is 57.9 Å². The van der Waals surface area contributed by atoms with Gasteiger partial charge in [-0.1, -0.05) is 6.42 Å². The number of nitrogens with one attached hydrogen (secondary N) is 1. The van der Waals surface area contributed by atoms with E-state index in [4.69, 9.17) is 10.5 Å². The maximum absolute atomic E-state index is 12.3. The molecule has 5 heteroatoms. The second-order valence-electron chi connectivity index (χ2n) is 6.34. The molecule has 2 aliphatic rings. The van der Waals surface area contributed by atoms with Gasteiger partial charge in [0.05, 0.1) is 12.5 Å². The molecule has 2 fully saturated rings. The van der Waals surface area contributed by atoms with Gasteiger partial charge in [0.15, 0.2) is 0 Å². The third-order valence-corrected chi connectivity index (χ3v) is 4.99. The highest BCUT2D eigenvalue weighted by Crippen LogP contribution is 2.32. The molecule has 0 aliphatic heterocycles. The molecule has 2 aliphatic carbocycles. The normalized spacial score (nSPS) is 32.7. The molecule has 0 aromatic carbocycles. The lowest BCUT2D eigenvalue weighted by Crippen LogP contribution is -2.43. The molecule has 1 amide bonds. The van der Waals surface area contributed by atoms with Crippen LogP contribution in [0.25, 0.3) is 0 Å². The molecule has 0 saturated heterocycles. The van der Waals surface area contributed by atoms with Crippen LogP contribution in [0.2, 0.25) is 0 Å². The number of amides is 1. The summed E-state index contributed by atoms with van der Waals surface area (Å²) in [4.78, 5) is 24.0. The molecular weight excluding hydrogens is 268 g/mol. The summed E-state index contributed by atoms with van der Waals surface area (Å²) >= 11 is 0. The van der Waals surface area contributed by atoms with E-state index in [0.717, 1.165) is 44.9 Å². The van der Waals surface area contributed by atoms with Crippen LogP contribution in [0.15, 0.2) is 0 Å². The van der Waals surface area contributed by atoms with E-state index >= 15 is 0 Å². The van der Waals surface area contributed by atoms with Crippen molar-refractivity contribution in [3.8, 4) is 0 Å². The topological polar surface area (TPSA) is 81.4 Å². The van der Waals surface area contributed by atoms with Gasteiger partial charge in [-0.2, -0.15) is 0 Å². The van der Waals surface area contributed by atoms with Crippen molar-refractivity contribution in [3.63, 3.8) is 0 Å². The molecule has 21 heavy (non-hydrogen) atoms. The van der Waals surface area contributed by atoms with Gasteiger partial charge >= 0.3 is 5.97 Å². The van der Waals surface area contributed by atoms with Gasteiger partial charge in [-0.3, -0.25) is 9.59 Å². The monoisotopic (exact) mass is 296 g/mol. The Hall–Kier alpha value is -1.10. The Morgan fingerprint density at radius 1 is 1.14 bits per heavy atom. The summed E-state index contributed by atoms with van der Waals surface area (Å²) in [5.74, 6) is 0.545. The van der Waals surface area contributed by atoms with Gasteiger partial charge in [-0.25, -0.2) is 0 Å². The fourth-order valence-corrected chi connectivity index (χ4v) is 3.71. The van der Waals surface area contributed by atoms with Crippen molar-refractivity contribution in [3.05, 3.63) is 0 Å². The van der Waals surface area contributed by atoms with Crippen LogP contribution < -0.4 is 11.1 Å². The average Bonchev–Trinajstić information content (AvgIpc) is 2.97. The van der Waals surface area contributed by atoms with Crippen LogP contribution in [0.1, 0.15) is 51.9 Å². The van der Waals surface area contributed by atoms with Crippen molar-refractivity contribution in [2.75, 3.05) is 13.2 Å². The van der Waals surface area contributed by atoms with Gasteiger partial charge in [0.25, 0.3) is 0 Å². The first-order chi connectivity index (χ1) is 10.2. The predicted molar refractivity (Wildman–Crippen MR) is 80.4 cm³/mol. The number of rotatable bonds is 5. The quantitative estimate of drug-likeness (QED) is 0.755. The first-order valence-electron chi connectivity index (χ1n) is 8.32. The fraction of sp³-hybridized carbons (Fsp3) is 0.875. The van der Waals surface area contributed by atoms with Crippen LogP contribution >= 0.6 is 0 Å². The Kier molecular flexibility index (Phi) is 6.03. The standard InChI is InChI=1S/C16H28N2O3/c1-2-21-16(20)11-6-8-13(9-7-11)18-15(19)14-5-3-4-12(14)10-17/h11-14H,2-10,17H2,1H3,(H,18,19)/t11?,12-,13?,14-/m1/s1. The lowest BCUT2D eigenvalue weighted by Gasteiger charge is -2.29. The molecule has 0 radical (unpaired) electrons. The highest BCUT2D eigenvalue weighted by atomic mass is 16.5. The van der Waals surface area contributed by atoms with Crippen molar-refractivity contribution in [1.29, 1.82) is 0 Å². The lowest BCUT2D eigenvalue weighted by atomic mass is 9.85. The SMILES string of the molecule is CCOC(=O)C1CCC(NC(=O)[C@@H]2CCC[C@@H]2CN)CC1. The minimum Gasteiger partial charge on any atom is -0.466 e. The number of carbonyl (C=O) groups is 2.